The number of nitrogens with zero attached hydrogens (tertiary/aromatic N) is 2. The normalized spacial score (nSPS) is 30.6. The molecule has 19 heteroatoms. The molecule has 4 aliphatic heterocycles. The van der Waals surface area contributed by atoms with Gasteiger partial charge in [0.15, 0.2) is 29.1 Å². The van der Waals surface area contributed by atoms with Gasteiger partial charge in [-0.25, -0.2) is 0 Å². The van der Waals surface area contributed by atoms with Gasteiger partial charge in [-0.1, -0.05) is 43.5 Å². The fourth-order valence-corrected chi connectivity index (χ4v) is 15.9. The summed E-state index contributed by atoms with van der Waals surface area (Å²) in [5.41, 5.74) is 3.48. The van der Waals surface area contributed by atoms with Crippen LogP contribution in [0.4, 0.5) is 5.69 Å². The molecule has 4 fully saturated rings. The largest absolute Gasteiger partial charge is 0.504 e. The summed E-state index contributed by atoms with van der Waals surface area (Å²) in [6.07, 6.45) is 9.69. The first-order chi connectivity index (χ1) is 37.2. The number of hydrogen-bond donors (Lipinski definition) is 9. The van der Waals surface area contributed by atoms with Crippen LogP contribution in [0, 0.1) is 5.92 Å². The highest BCUT2D eigenvalue weighted by atomic mass is 16.5. The number of rotatable bonds is 20. The van der Waals surface area contributed by atoms with E-state index < -0.39 is 46.2 Å². The molecule has 2 saturated heterocycles. The van der Waals surface area contributed by atoms with Gasteiger partial charge in [0, 0.05) is 54.7 Å². The molecular weight excluding hydrogens is 987 g/mol. The average Bonchev–Trinajstić information content (AvgIpc) is 3.73. The number of nitrogens with one attached hydrogen (secondary N) is 5. The van der Waals surface area contributed by atoms with E-state index in [4.69, 9.17) is 18.9 Å². The maximum absolute atomic E-state index is 13.2. The smallest absolute Gasteiger partial charge is 0.250 e. The predicted octanol–water partition coefficient (Wildman–Crippen LogP) is 3.40. The summed E-state index contributed by atoms with van der Waals surface area (Å²) in [7, 11) is 2.04. The lowest BCUT2D eigenvalue weighted by atomic mass is 9.48. The second kappa shape index (κ2) is 19.1. The number of fused-ring (bicyclic) bond motifs is 4. The van der Waals surface area contributed by atoms with Crippen molar-refractivity contribution in [1.82, 2.24) is 30.7 Å². The monoisotopic (exact) mass is 1060 g/mol. The molecule has 4 bridgehead atoms. The number of hydrogen-bond acceptors (Lipinski definition) is 14. The van der Waals surface area contributed by atoms with Crippen molar-refractivity contribution in [2.45, 2.75) is 142 Å². The van der Waals surface area contributed by atoms with Crippen molar-refractivity contribution < 1.29 is 58.6 Å². The lowest BCUT2D eigenvalue weighted by Crippen LogP contribution is -2.77. The quantitative estimate of drug-likeness (QED) is 0.0576. The first-order valence-electron chi connectivity index (χ1n) is 28.1. The summed E-state index contributed by atoms with van der Waals surface area (Å²) in [6.45, 7) is 2.39. The third-order valence-corrected chi connectivity index (χ3v) is 19.5. The highest BCUT2D eigenvalue weighted by Gasteiger charge is 2.74. The van der Waals surface area contributed by atoms with Crippen LogP contribution in [0.15, 0.2) is 42.5 Å². The lowest BCUT2D eigenvalue weighted by molar-refractivity contribution is -0.187. The summed E-state index contributed by atoms with van der Waals surface area (Å²) in [4.78, 5) is 59.8. The summed E-state index contributed by atoms with van der Waals surface area (Å²) < 4.78 is 24.2. The van der Waals surface area contributed by atoms with Crippen molar-refractivity contribution in [3.63, 3.8) is 0 Å². The molecule has 0 radical (unpaired) electrons. The third kappa shape index (κ3) is 7.94. The zero-order chi connectivity index (χ0) is 53.0. The number of ether oxygens (including phenoxy) is 4. The summed E-state index contributed by atoms with van der Waals surface area (Å²) in [5.74, 6) is 0.276. The number of unbranched alkanes of at least 4 members (excludes halogenated alkanes) is 4. The number of piperidine rings is 2. The van der Waals surface area contributed by atoms with Crippen LogP contribution in [0.2, 0.25) is 0 Å². The maximum atomic E-state index is 13.2. The van der Waals surface area contributed by atoms with Gasteiger partial charge in [0.1, 0.15) is 32.5 Å². The van der Waals surface area contributed by atoms with Gasteiger partial charge < -0.3 is 70.5 Å². The van der Waals surface area contributed by atoms with Crippen LogP contribution in [-0.4, -0.2) is 160 Å². The van der Waals surface area contributed by atoms with E-state index in [-0.39, 0.29) is 67.7 Å². The molecule has 19 nitrogen and oxygen atoms in total. The van der Waals surface area contributed by atoms with E-state index in [2.05, 4.69) is 36.1 Å². The number of benzene rings is 3. The van der Waals surface area contributed by atoms with Crippen molar-refractivity contribution in [1.29, 1.82) is 0 Å². The molecule has 9 N–H and O–H groups in total. The molecule has 77 heavy (non-hydrogen) atoms. The number of anilines is 1. The minimum absolute atomic E-state index is 0.0427. The highest BCUT2D eigenvalue weighted by Crippen LogP contribution is 2.70. The van der Waals surface area contributed by atoms with Crippen LogP contribution >= 0.6 is 0 Å². The molecule has 13 rings (SSSR count). The maximum Gasteiger partial charge on any atom is 0.250 e. The summed E-state index contributed by atoms with van der Waals surface area (Å²) in [6, 6.07) is 12.4. The molecule has 410 valence electrons. The number of likely N-dealkylation sites (tertiary alicyclic amines) is 2. The Labute approximate surface area is 446 Å². The van der Waals surface area contributed by atoms with Gasteiger partial charge in [-0.2, -0.15) is 0 Å². The zero-order valence-electron chi connectivity index (χ0n) is 43.7. The topological polar surface area (TPSA) is 257 Å². The Morgan fingerprint density at radius 1 is 0.714 bits per heavy atom. The number of carbonyl (C=O) groups is 4. The van der Waals surface area contributed by atoms with E-state index >= 15 is 0 Å². The molecule has 5 heterocycles. The molecule has 1 aromatic heterocycles. The molecular formula is C58H71N7O12. The van der Waals surface area contributed by atoms with Gasteiger partial charge in [0.05, 0.1) is 45.0 Å². The molecule has 2 spiro atoms. The van der Waals surface area contributed by atoms with Crippen LogP contribution in [0.25, 0.3) is 10.9 Å². The van der Waals surface area contributed by atoms with Crippen LogP contribution in [0.1, 0.15) is 110 Å². The Hall–Kier alpha value is -5.96. The first-order valence-corrected chi connectivity index (χ1v) is 28.1. The molecule has 5 aliphatic carbocycles. The number of H-pyrrole nitrogens is 1. The fourth-order valence-electron chi connectivity index (χ4n) is 15.9. The van der Waals surface area contributed by atoms with Crippen LogP contribution < -0.4 is 30.7 Å². The minimum Gasteiger partial charge on any atom is -0.504 e. The second-order valence-electron chi connectivity index (χ2n) is 23.7. The Kier molecular flexibility index (Phi) is 12.6. The summed E-state index contributed by atoms with van der Waals surface area (Å²) in [5, 5.41) is 60.0. The number of aromatic hydroxyl groups is 2. The molecule has 4 aromatic rings. The van der Waals surface area contributed by atoms with E-state index in [0.717, 1.165) is 96.2 Å². The predicted molar refractivity (Wildman–Crippen MR) is 281 cm³/mol. The number of phenolic OH excluding ortho intramolecular Hbond substituents is 2. The van der Waals surface area contributed by atoms with Gasteiger partial charge in [-0.05, 0) is 125 Å². The fraction of sp³-hybridized carbons (Fsp3) is 0.586. The summed E-state index contributed by atoms with van der Waals surface area (Å²) >= 11 is 0. The average molecular weight is 1060 g/mol. The van der Waals surface area contributed by atoms with Crippen molar-refractivity contribution in [2.75, 3.05) is 71.5 Å². The number of aromatic nitrogens is 1. The van der Waals surface area contributed by atoms with E-state index in [1.165, 1.54) is 12.8 Å². The number of aromatic amines is 1. The second-order valence-corrected chi connectivity index (χ2v) is 23.7. The lowest BCUT2D eigenvalue weighted by Gasteiger charge is -2.63. The van der Waals surface area contributed by atoms with Gasteiger partial charge in [0.2, 0.25) is 23.6 Å². The standard InChI is InChI=1S/C58H71N7O12/c1-64-22-18-55-47-33-12-14-39(66)51(47)76-53(55)38(16-17-57(55,72)41(64)24-33)62-46(71)31-75-29-44(69)60-21-6-4-2-3-5-20-59-43(68)28-74-30-45(70)61-37-9-7-8-35-36-26-58(73)42-25-34-13-15-40(67)52-48(34)56(58,19-23-65(42)27-32-10-11-32)54(77-52)50(36)63-49(35)37/h7-9,12-15,32,38,41-42,53-54,63,66-67,72-73H,2-6,10-11,16-31H2,1H3,(H,59,68)(H,60,69)(H,61,70)(H,62,71)/t38-,41-,42+,53+,54+,55+,56+,57-,58-/m1/s1. The van der Waals surface area contributed by atoms with Crippen molar-refractivity contribution in [2.24, 2.45) is 5.92 Å². The molecule has 9 aliphatic rings. The van der Waals surface area contributed by atoms with Crippen LogP contribution in [0.3, 0.4) is 0 Å². The highest BCUT2D eigenvalue weighted by molar-refractivity contribution is 6.03. The molecule has 9 atom stereocenters. The van der Waals surface area contributed by atoms with E-state index in [0.29, 0.717) is 81.1 Å². The number of para-hydroxylation sites is 1. The zero-order valence-corrected chi connectivity index (χ0v) is 43.7. The molecule has 2 saturated carbocycles. The number of likely N-dealkylation sites (N-methyl/N-ethyl adjacent to an activating group) is 1. The Bertz CT molecular complexity index is 3050. The number of amides is 4. The molecule has 3 aromatic carbocycles. The number of phenols is 2. The Balaban J connectivity index is 0.510. The minimum atomic E-state index is -1.13. The SMILES string of the molecule is CN1CC[C@]23c4c5ccc(O)c4O[C@H]2[C@H](NC(=O)COCC(=O)NCCCCCCCNC(=O)COCC(=O)Nc2cccc4c6c([nH]c24)[C@@H]2Oc4c(O)ccc7c4[C@@]24CCN(CC2CC2)[C@@H](C7)[C@]4(O)C6)CC[C@@]3(O)[C@H]1C5. The van der Waals surface area contributed by atoms with Gasteiger partial charge >= 0.3 is 0 Å². The molecule has 0 unspecified atom stereocenters. The van der Waals surface area contributed by atoms with E-state index in [9.17, 15) is 39.6 Å². The number of aliphatic hydroxyl groups is 2. The Morgan fingerprint density at radius 2 is 1.35 bits per heavy atom. The van der Waals surface area contributed by atoms with Gasteiger partial charge in [0.25, 0.3) is 0 Å². The number of carbonyl (C=O) groups excluding carboxylic acids is 4. The van der Waals surface area contributed by atoms with Crippen LogP contribution in [0.5, 0.6) is 23.0 Å². The van der Waals surface area contributed by atoms with Crippen molar-refractivity contribution >= 4 is 40.2 Å². The van der Waals surface area contributed by atoms with Gasteiger partial charge in [-0.15, -0.1) is 0 Å². The molecule has 4 amide bonds. The third-order valence-electron chi connectivity index (χ3n) is 19.5. The first kappa shape index (κ1) is 50.5. The van der Waals surface area contributed by atoms with Gasteiger partial charge in [-0.3, -0.25) is 24.1 Å². The van der Waals surface area contributed by atoms with Crippen molar-refractivity contribution in [3.8, 4) is 23.0 Å². The van der Waals surface area contributed by atoms with E-state index in [1.807, 2.05) is 37.4 Å². The van der Waals surface area contributed by atoms with E-state index in [1.54, 1.807) is 12.1 Å². The van der Waals surface area contributed by atoms with Crippen molar-refractivity contribution in [3.05, 3.63) is 76.0 Å². The van der Waals surface area contributed by atoms with Crippen LogP contribution in [-0.2, 0) is 58.7 Å². The Morgan fingerprint density at radius 3 is 2.06 bits per heavy atom.